The molecule has 1 fully saturated rings. The van der Waals surface area contributed by atoms with Crippen molar-refractivity contribution in [3.8, 4) is 0 Å². The van der Waals surface area contributed by atoms with E-state index in [1.807, 2.05) is 6.92 Å². The molecule has 0 bridgehead atoms. The van der Waals surface area contributed by atoms with Crippen molar-refractivity contribution < 1.29 is 19.4 Å². The molecule has 1 aliphatic heterocycles. The highest BCUT2D eigenvalue weighted by molar-refractivity contribution is 7.09. The lowest BCUT2D eigenvalue weighted by Crippen LogP contribution is -2.52. The Labute approximate surface area is 108 Å². The Bertz CT molecular complexity index is 434. The molecule has 1 aliphatic rings. The number of carboxylic acid groups (broad SMARTS) is 1. The van der Waals surface area contributed by atoms with Gasteiger partial charge in [0.05, 0.1) is 0 Å². The van der Waals surface area contributed by atoms with E-state index in [1.165, 1.54) is 11.3 Å². The number of aromatic nitrogens is 1. The number of amides is 1. The summed E-state index contributed by atoms with van der Waals surface area (Å²) in [7, 11) is 0. The van der Waals surface area contributed by atoms with Crippen LogP contribution >= 0.6 is 11.3 Å². The summed E-state index contributed by atoms with van der Waals surface area (Å²) >= 11 is 1.33. The molecular formula is C11H14N2O4S. The molecule has 1 N–H and O–H groups in total. The first-order chi connectivity index (χ1) is 8.65. The Morgan fingerprint density at radius 3 is 3.06 bits per heavy atom. The van der Waals surface area contributed by atoms with Gasteiger partial charge < -0.3 is 14.7 Å². The minimum absolute atomic E-state index is 0.182. The number of hydrogen-bond donors (Lipinski definition) is 1. The van der Waals surface area contributed by atoms with Gasteiger partial charge in [-0.1, -0.05) is 6.92 Å². The molecule has 1 aromatic heterocycles. The van der Waals surface area contributed by atoms with Crippen molar-refractivity contribution in [2.45, 2.75) is 25.5 Å². The fraction of sp³-hybridized carbons (Fsp3) is 0.545. The normalized spacial score (nSPS) is 24.3. The molecule has 2 unspecified atom stereocenters. The quantitative estimate of drug-likeness (QED) is 0.879. The second-order valence-corrected chi connectivity index (χ2v) is 4.90. The van der Waals surface area contributed by atoms with Gasteiger partial charge in [-0.15, -0.1) is 11.3 Å². The smallest absolute Gasteiger partial charge is 0.335 e. The maximum atomic E-state index is 11.8. The number of hydrogen-bond acceptors (Lipinski definition) is 5. The van der Waals surface area contributed by atoms with Crippen LogP contribution < -0.4 is 0 Å². The van der Waals surface area contributed by atoms with Crippen LogP contribution in [0.25, 0.3) is 0 Å². The minimum Gasteiger partial charge on any atom is -0.479 e. The van der Waals surface area contributed by atoms with Crippen molar-refractivity contribution in [2.24, 2.45) is 0 Å². The van der Waals surface area contributed by atoms with Crippen LogP contribution in [0.3, 0.4) is 0 Å². The molecule has 18 heavy (non-hydrogen) atoms. The number of nitrogens with zero attached hydrogens (tertiary/aromatic N) is 2. The molecule has 0 aromatic carbocycles. The number of carboxylic acids is 1. The van der Waals surface area contributed by atoms with Crippen molar-refractivity contribution in [3.05, 3.63) is 16.6 Å². The average molecular weight is 270 g/mol. The Kier molecular flexibility index (Phi) is 3.93. The first-order valence-corrected chi connectivity index (χ1v) is 6.56. The first kappa shape index (κ1) is 13.0. The van der Waals surface area contributed by atoms with E-state index in [0.29, 0.717) is 11.6 Å². The predicted molar refractivity (Wildman–Crippen MR) is 64.2 cm³/mol. The summed E-state index contributed by atoms with van der Waals surface area (Å²) in [5.41, 5.74) is 0. The predicted octanol–water partition coefficient (Wildman–Crippen LogP) is 0.906. The van der Waals surface area contributed by atoms with Gasteiger partial charge in [0, 0.05) is 18.1 Å². The van der Waals surface area contributed by atoms with Crippen LogP contribution in [0.15, 0.2) is 11.6 Å². The number of aliphatic carboxylic acids is 1. The van der Waals surface area contributed by atoms with E-state index < -0.39 is 18.1 Å². The van der Waals surface area contributed by atoms with Gasteiger partial charge in [-0.25, -0.2) is 9.78 Å². The van der Waals surface area contributed by atoms with Gasteiger partial charge in [0.15, 0.2) is 6.10 Å². The molecule has 2 atom stereocenters. The van der Waals surface area contributed by atoms with Crippen LogP contribution in [0.5, 0.6) is 0 Å². The lowest BCUT2D eigenvalue weighted by atomic mass is 10.1. The van der Waals surface area contributed by atoms with Gasteiger partial charge in [-0.3, -0.25) is 4.79 Å². The van der Waals surface area contributed by atoms with Crippen LogP contribution in [-0.4, -0.2) is 46.1 Å². The number of rotatable bonds is 4. The molecule has 2 rings (SSSR count). The third-order valence-electron chi connectivity index (χ3n) is 2.74. The molecule has 0 radical (unpaired) electrons. The Balaban J connectivity index is 2.34. The number of carbonyl (C=O) groups is 2. The molecule has 2 heterocycles. The van der Waals surface area contributed by atoms with E-state index in [2.05, 4.69) is 4.98 Å². The Morgan fingerprint density at radius 2 is 2.50 bits per heavy atom. The highest BCUT2D eigenvalue weighted by Gasteiger charge is 2.42. The standard InChI is InChI=1S/C11H14N2O4S/c1-2-4-13-7(14)6-17-9(11(15)16)8(13)10-12-3-5-18-10/h3,5,8-9H,2,4,6H2,1H3,(H,15,16). The zero-order chi connectivity index (χ0) is 13.1. The molecule has 0 spiro atoms. The lowest BCUT2D eigenvalue weighted by Gasteiger charge is -2.37. The van der Waals surface area contributed by atoms with Crippen molar-refractivity contribution in [3.63, 3.8) is 0 Å². The summed E-state index contributed by atoms with van der Waals surface area (Å²) in [4.78, 5) is 28.8. The number of morpholine rings is 1. The monoisotopic (exact) mass is 270 g/mol. The number of thiazole rings is 1. The van der Waals surface area contributed by atoms with Crippen LogP contribution in [0, 0.1) is 0 Å². The van der Waals surface area contributed by atoms with Crippen LogP contribution in [0.1, 0.15) is 24.4 Å². The van der Waals surface area contributed by atoms with E-state index in [-0.39, 0.29) is 12.5 Å². The Hall–Kier alpha value is -1.47. The summed E-state index contributed by atoms with van der Waals surface area (Å²) in [6.45, 7) is 2.27. The van der Waals surface area contributed by atoms with E-state index in [1.54, 1.807) is 16.5 Å². The number of carbonyl (C=O) groups excluding carboxylic acids is 1. The van der Waals surface area contributed by atoms with Gasteiger partial charge in [0.2, 0.25) is 5.91 Å². The SMILES string of the molecule is CCCN1C(=O)COC(C(=O)O)C1c1nccs1. The van der Waals surface area contributed by atoms with Crippen molar-refractivity contribution in [1.82, 2.24) is 9.88 Å². The third kappa shape index (κ3) is 2.37. The molecule has 98 valence electrons. The maximum Gasteiger partial charge on any atom is 0.335 e. The number of ether oxygens (including phenoxy) is 1. The van der Waals surface area contributed by atoms with Gasteiger partial charge in [-0.05, 0) is 6.42 Å². The molecule has 1 saturated heterocycles. The highest BCUT2D eigenvalue weighted by atomic mass is 32.1. The van der Waals surface area contributed by atoms with Gasteiger partial charge in [0.25, 0.3) is 0 Å². The van der Waals surface area contributed by atoms with Crippen molar-refractivity contribution in [1.29, 1.82) is 0 Å². The zero-order valence-electron chi connectivity index (χ0n) is 9.91. The van der Waals surface area contributed by atoms with E-state index in [9.17, 15) is 14.7 Å². The largest absolute Gasteiger partial charge is 0.479 e. The van der Waals surface area contributed by atoms with E-state index in [0.717, 1.165) is 6.42 Å². The van der Waals surface area contributed by atoms with Crippen LogP contribution in [0.4, 0.5) is 0 Å². The van der Waals surface area contributed by atoms with Crippen LogP contribution in [-0.2, 0) is 14.3 Å². The molecule has 0 aliphatic carbocycles. The summed E-state index contributed by atoms with van der Waals surface area (Å²) in [6, 6.07) is -0.622. The minimum atomic E-state index is -1.07. The summed E-state index contributed by atoms with van der Waals surface area (Å²) < 4.78 is 5.14. The molecule has 1 amide bonds. The molecule has 0 saturated carbocycles. The topological polar surface area (TPSA) is 79.7 Å². The van der Waals surface area contributed by atoms with Gasteiger partial charge in [-0.2, -0.15) is 0 Å². The van der Waals surface area contributed by atoms with Crippen molar-refractivity contribution >= 4 is 23.2 Å². The summed E-state index contributed by atoms with van der Waals surface area (Å²) in [6.07, 6.45) is 1.32. The van der Waals surface area contributed by atoms with Gasteiger partial charge >= 0.3 is 5.97 Å². The fourth-order valence-electron chi connectivity index (χ4n) is 2.01. The third-order valence-corrected chi connectivity index (χ3v) is 3.59. The lowest BCUT2D eigenvalue weighted by molar-refractivity contribution is -0.173. The highest BCUT2D eigenvalue weighted by Crippen LogP contribution is 2.31. The van der Waals surface area contributed by atoms with Gasteiger partial charge in [0.1, 0.15) is 17.7 Å². The average Bonchev–Trinajstić information content (AvgIpc) is 2.84. The maximum absolute atomic E-state index is 11.8. The molecular weight excluding hydrogens is 256 g/mol. The van der Waals surface area contributed by atoms with E-state index in [4.69, 9.17) is 4.74 Å². The first-order valence-electron chi connectivity index (χ1n) is 5.68. The molecule has 1 aromatic rings. The molecule has 6 nitrogen and oxygen atoms in total. The molecule has 7 heteroatoms. The summed E-state index contributed by atoms with van der Waals surface area (Å²) in [5.74, 6) is -1.25. The zero-order valence-corrected chi connectivity index (χ0v) is 10.7. The second-order valence-electron chi connectivity index (χ2n) is 3.97. The Morgan fingerprint density at radius 1 is 1.72 bits per heavy atom. The summed E-state index contributed by atoms with van der Waals surface area (Å²) in [5, 5.41) is 11.6. The van der Waals surface area contributed by atoms with Crippen molar-refractivity contribution in [2.75, 3.05) is 13.2 Å². The fourth-order valence-corrected chi connectivity index (χ4v) is 2.78. The second kappa shape index (κ2) is 5.45. The van der Waals surface area contributed by atoms with E-state index >= 15 is 0 Å². The van der Waals surface area contributed by atoms with Crippen LogP contribution in [0.2, 0.25) is 0 Å².